The molecule has 0 aromatic carbocycles. The zero-order chi connectivity index (χ0) is 11.4. The molecule has 1 fully saturated rings. The molecule has 1 saturated heterocycles. The molecule has 3 nitrogen and oxygen atoms in total. The van der Waals surface area contributed by atoms with Crippen LogP contribution in [0.4, 0.5) is 0 Å². The van der Waals surface area contributed by atoms with E-state index in [0.29, 0.717) is 12.0 Å². The van der Waals surface area contributed by atoms with Crippen LogP contribution in [0, 0.1) is 5.92 Å². The Hall–Kier alpha value is -0.570. The maximum Gasteiger partial charge on any atom is 0.323 e. The zero-order valence-corrected chi connectivity index (χ0v) is 10.3. The highest BCUT2D eigenvalue weighted by Crippen LogP contribution is 2.23. The van der Waals surface area contributed by atoms with Crippen LogP contribution in [0.1, 0.15) is 40.0 Å². The van der Waals surface area contributed by atoms with Crippen LogP contribution in [0.2, 0.25) is 0 Å². The molecule has 2 atom stereocenters. The molecule has 0 amide bonds. The molecule has 0 aromatic rings. The Morgan fingerprint density at radius 1 is 1.40 bits per heavy atom. The van der Waals surface area contributed by atoms with Gasteiger partial charge < -0.3 is 4.74 Å². The average molecular weight is 213 g/mol. The van der Waals surface area contributed by atoms with E-state index in [0.717, 1.165) is 6.54 Å². The molecule has 15 heavy (non-hydrogen) atoms. The molecule has 1 heterocycles. The fraction of sp³-hybridized carbons (Fsp3) is 0.917. The van der Waals surface area contributed by atoms with Crippen LogP contribution >= 0.6 is 0 Å². The van der Waals surface area contributed by atoms with Gasteiger partial charge in [-0.15, -0.1) is 0 Å². The summed E-state index contributed by atoms with van der Waals surface area (Å²) >= 11 is 0. The molecule has 1 aliphatic heterocycles. The second-order valence-corrected chi connectivity index (χ2v) is 4.79. The van der Waals surface area contributed by atoms with Gasteiger partial charge in [0.2, 0.25) is 0 Å². The zero-order valence-electron chi connectivity index (χ0n) is 10.3. The van der Waals surface area contributed by atoms with E-state index in [9.17, 15) is 4.79 Å². The quantitative estimate of drug-likeness (QED) is 0.672. The fourth-order valence-electron chi connectivity index (χ4n) is 2.44. The number of nitrogens with zero attached hydrogens (tertiary/aromatic N) is 1. The summed E-state index contributed by atoms with van der Waals surface area (Å²) in [6.45, 7) is 7.41. The molecule has 1 aliphatic rings. The van der Waals surface area contributed by atoms with Gasteiger partial charge in [-0.3, -0.25) is 9.69 Å². The maximum atomic E-state index is 11.7. The molecule has 2 unspecified atom stereocenters. The predicted molar refractivity (Wildman–Crippen MR) is 60.7 cm³/mol. The van der Waals surface area contributed by atoms with Crippen molar-refractivity contribution in [1.29, 1.82) is 0 Å². The van der Waals surface area contributed by atoms with E-state index in [1.54, 1.807) is 0 Å². The Kier molecular flexibility index (Phi) is 4.58. The normalized spacial score (nSPS) is 25.3. The summed E-state index contributed by atoms with van der Waals surface area (Å²) in [5.74, 6) is 0.233. The van der Waals surface area contributed by atoms with Crippen LogP contribution in [0.15, 0.2) is 0 Å². The van der Waals surface area contributed by atoms with E-state index < -0.39 is 0 Å². The van der Waals surface area contributed by atoms with Crippen molar-refractivity contribution in [3.63, 3.8) is 0 Å². The number of carbonyl (C=O) groups is 1. The third-order valence-electron chi connectivity index (χ3n) is 3.29. The van der Waals surface area contributed by atoms with Crippen molar-refractivity contribution in [2.45, 2.75) is 52.1 Å². The Bertz CT molecular complexity index is 216. The van der Waals surface area contributed by atoms with Gasteiger partial charge >= 0.3 is 5.97 Å². The number of rotatable bonds is 3. The first-order valence-electron chi connectivity index (χ1n) is 5.91. The average Bonchev–Trinajstić information content (AvgIpc) is 2.20. The number of piperidine rings is 1. The molecule has 0 aromatic heterocycles. The van der Waals surface area contributed by atoms with Gasteiger partial charge in [0, 0.05) is 6.04 Å². The van der Waals surface area contributed by atoms with E-state index >= 15 is 0 Å². The van der Waals surface area contributed by atoms with Crippen molar-refractivity contribution in [1.82, 2.24) is 4.90 Å². The summed E-state index contributed by atoms with van der Waals surface area (Å²) in [6, 6.07) is 0.440. The lowest BCUT2D eigenvalue weighted by Crippen LogP contribution is -2.51. The molecule has 1 rings (SSSR count). The van der Waals surface area contributed by atoms with Crippen LogP contribution in [-0.2, 0) is 9.53 Å². The van der Waals surface area contributed by atoms with Gasteiger partial charge in [-0.25, -0.2) is 0 Å². The topological polar surface area (TPSA) is 29.5 Å². The molecular weight excluding hydrogens is 190 g/mol. The van der Waals surface area contributed by atoms with Crippen molar-refractivity contribution in [2.24, 2.45) is 5.92 Å². The molecule has 3 heteroatoms. The maximum absolute atomic E-state index is 11.7. The SMILES string of the molecule is COC(=O)C(C(C)C)N1CCCCC1C. The number of ether oxygens (including phenoxy) is 1. The molecule has 0 spiro atoms. The van der Waals surface area contributed by atoms with Gasteiger partial charge in [0.15, 0.2) is 0 Å². The van der Waals surface area contributed by atoms with Gasteiger partial charge in [-0.05, 0) is 32.2 Å². The van der Waals surface area contributed by atoms with Crippen LogP contribution < -0.4 is 0 Å². The smallest absolute Gasteiger partial charge is 0.323 e. The predicted octanol–water partition coefficient (Wildman–Crippen LogP) is 2.06. The van der Waals surface area contributed by atoms with E-state index in [-0.39, 0.29) is 12.0 Å². The third-order valence-corrected chi connectivity index (χ3v) is 3.29. The van der Waals surface area contributed by atoms with Crippen molar-refractivity contribution in [3.05, 3.63) is 0 Å². The van der Waals surface area contributed by atoms with E-state index in [4.69, 9.17) is 4.74 Å². The third kappa shape index (κ3) is 2.94. The van der Waals surface area contributed by atoms with Gasteiger partial charge in [-0.2, -0.15) is 0 Å². The van der Waals surface area contributed by atoms with Crippen LogP contribution in [0.3, 0.4) is 0 Å². The minimum absolute atomic E-state index is 0.0645. The Morgan fingerprint density at radius 3 is 2.53 bits per heavy atom. The minimum atomic E-state index is -0.0845. The first-order valence-corrected chi connectivity index (χ1v) is 5.91. The number of likely N-dealkylation sites (tertiary alicyclic amines) is 1. The second kappa shape index (κ2) is 5.50. The Labute approximate surface area is 92.8 Å². The number of methoxy groups -OCH3 is 1. The number of esters is 1. The number of carbonyl (C=O) groups excluding carboxylic acids is 1. The molecule has 0 bridgehead atoms. The van der Waals surface area contributed by atoms with Crippen LogP contribution in [0.5, 0.6) is 0 Å². The standard InChI is InChI=1S/C12H23NO2/c1-9(2)11(12(14)15-4)13-8-6-5-7-10(13)3/h9-11H,5-8H2,1-4H3. The second-order valence-electron chi connectivity index (χ2n) is 4.79. The van der Waals surface area contributed by atoms with Gasteiger partial charge in [0.1, 0.15) is 6.04 Å². The van der Waals surface area contributed by atoms with Crippen LogP contribution in [-0.4, -0.2) is 36.6 Å². The van der Waals surface area contributed by atoms with Gasteiger partial charge in [-0.1, -0.05) is 20.3 Å². The van der Waals surface area contributed by atoms with E-state index in [2.05, 4.69) is 25.7 Å². The van der Waals surface area contributed by atoms with Gasteiger partial charge in [0.05, 0.1) is 7.11 Å². The lowest BCUT2D eigenvalue weighted by Gasteiger charge is -2.39. The lowest BCUT2D eigenvalue weighted by atomic mass is 9.95. The van der Waals surface area contributed by atoms with Gasteiger partial charge in [0.25, 0.3) is 0 Å². The highest BCUT2D eigenvalue weighted by atomic mass is 16.5. The molecule has 88 valence electrons. The molecule has 0 aliphatic carbocycles. The molecule has 0 N–H and O–H groups in total. The minimum Gasteiger partial charge on any atom is -0.468 e. The van der Waals surface area contributed by atoms with Crippen molar-refractivity contribution >= 4 is 5.97 Å². The molecular formula is C12H23NO2. The highest BCUT2D eigenvalue weighted by molar-refractivity contribution is 5.76. The summed E-state index contributed by atoms with van der Waals surface area (Å²) in [5.41, 5.74) is 0. The largest absolute Gasteiger partial charge is 0.468 e. The monoisotopic (exact) mass is 213 g/mol. The Morgan fingerprint density at radius 2 is 2.07 bits per heavy atom. The van der Waals surface area contributed by atoms with E-state index in [1.807, 2.05) is 0 Å². The summed E-state index contributed by atoms with van der Waals surface area (Å²) < 4.78 is 4.89. The van der Waals surface area contributed by atoms with Crippen molar-refractivity contribution in [2.75, 3.05) is 13.7 Å². The van der Waals surface area contributed by atoms with Crippen molar-refractivity contribution < 1.29 is 9.53 Å². The fourth-order valence-corrected chi connectivity index (χ4v) is 2.44. The lowest BCUT2D eigenvalue weighted by molar-refractivity contribution is -0.150. The van der Waals surface area contributed by atoms with Crippen molar-refractivity contribution in [3.8, 4) is 0 Å². The number of hydrogen-bond acceptors (Lipinski definition) is 3. The summed E-state index contributed by atoms with van der Waals surface area (Å²) in [6.07, 6.45) is 3.68. The highest BCUT2D eigenvalue weighted by Gasteiger charge is 2.33. The number of hydrogen-bond donors (Lipinski definition) is 0. The Balaban J connectivity index is 2.73. The summed E-state index contributed by atoms with van der Waals surface area (Å²) in [7, 11) is 1.48. The summed E-state index contributed by atoms with van der Waals surface area (Å²) in [5, 5.41) is 0. The first kappa shape index (κ1) is 12.5. The first-order chi connectivity index (χ1) is 7.07. The molecule has 0 saturated carbocycles. The molecule has 0 radical (unpaired) electrons. The van der Waals surface area contributed by atoms with Crippen LogP contribution in [0.25, 0.3) is 0 Å². The van der Waals surface area contributed by atoms with E-state index in [1.165, 1.54) is 26.4 Å². The summed E-state index contributed by atoms with van der Waals surface area (Å²) in [4.78, 5) is 14.0.